The summed E-state index contributed by atoms with van der Waals surface area (Å²) in [5, 5.41) is 2.75. The molecule has 0 unspecified atom stereocenters. The van der Waals surface area contributed by atoms with Crippen molar-refractivity contribution in [2.24, 2.45) is 0 Å². The van der Waals surface area contributed by atoms with Crippen LogP contribution < -0.4 is 0 Å². The summed E-state index contributed by atoms with van der Waals surface area (Å²) >= 11 is 0. The average molecular weight is 549 g/mol. The Hall–Kier alpha value is -1.30. The molecule has 0 bridgehead atoms. The van der Waals surface area contributed by atoms with Crippen LogP contribution in [-0.2, 0) is 6.42 Å². The normalized spacial score (nSPS) is 11.5. The van der Waals surface area contributed by atoms with Gasteiger partial charge in [0, 0.05) is 0 Å². The van der Waals surface area contributed by atoms with Crippen molar-refractivity contribution in [2.75, 3.05) is 0 Å². The molecule has 0 aliphatic heterocycles. The van der Waals surface area contributed by atoms with Crippen LogP contribution in [0.15, 0.2) is 42.5 Å². The lowest BCUT2D eigenvalue weighted by Crippen LogP contribution is -1.87. The first-order chi connectivity index (χ1) is 19.9. The molecule has 0 aromatic heterocycles. The molecule has 0 heteroatoms. The molecule has 0 atom stereocenters. The molecule has 40 heavy (non-hydrogen) atoms. The minimum absolute atomic E-state index is 1.24. The van der Waals surface area contributed by atoms with E-state index in [0.29, 0.717) is 0 Å². The van der Waals surface area contributed by atoms with E-state index in [1.165, 1.54) is 203 Å². The molecule has 228 valence electrons. The third kappa shape index (κ3) is 19.7. The number of hydrogen-bond donors (Lipinski definition) is 0. The molecule has 0 aliphatic carbocycles. The Balaban J connectivity index is 1.20. The fourth-order valence-electron chi connectivity index (χ4n) is 6.39. The van der Waals surface area contributed by atoms with Crippen molar-refractivity contribution in [2.45, 2.75) is 193 Å². The second-order valence-electron chi connectivity index (χ2n) is 13.0. The van der Waals surface area contributed by atoms with Crippen LogP contribution in [0.1, 0.15) is 192 Å². The highest BCUT2D eigenvalue weighted by atomic mass is 14.0. The molecule has 0 saturated carbocycles. The van der Waals surface area contributed by atoms with E-state index in [1.807, 2.05) is 0 Å². The van der Waals surface area contributed by atoms with Gasteiger partial charge in [-0.15, -0.1) is 0 Å². The number of rotatable bonds is 29. The summed E-state index contributed by atoms with van der Waals surface area (Å²) in [6, 6.07) is 15.7. The number of benzene rings is 2. The summed E-state index contributed by atoms with van der Waals surface area (Å²) in [4.78, 5) is 0. The Bertz CT molecular complexity index is 789. The molecule has 0 nitrogen and oxygen atoms in total. The standard InChI is InChI=1S/C40H68/c1-2-3-4-5-6-7-8-9-10-11-12-13-14-15-16-17-18-19-20-21-22-23-24-25-26-27-28-29-32-38-35-36-39-33-30-31-34-40(39)37-38/h30-31,33-37H,2-29,32H2,1H3. The summed E-state index contributed by atoms with van der Waals surface area (Å²) in [6.07, 6.45) is 42.2. The topological polar surface area (TPSA) is 0 Å². The molecule has 2 aromatic rings. The van der Waals surface area contributed by atoms with E-state index in [2.05, 4.69) is 49.4 Å². The molecule has 2 aromatic carbocycles. The predicted molar refractivity (Wildman–Crippen MR) is 183 cm³/mol. The third-order valence-corrected chi connectivity index (χ3v) is 9.13. The van der Waals surface area contributed by atoms with Crippen LogP contribution in [0.2, 0.25) is 0 Å². The number of fused-ring (bicyclic) bond motifs is 1. The first-order valence-corrected chi connectivity index (χ1v) is 18.4. The second-order valence-corrected chi connectivity index (χ2v) is 13.0. The Morgan fingerprint density at radius 3 is 1.02 bits per heavy atom. The maximum Gasteiger partial charge on any atom is -0.0181 e. The quantitative estimate of drug-likeness (QED) is 0.0887. The van der Waals surface area contributed by atoms with Crippen molar-refractivity contribution >= 4 is 10.8 Å². The zero-order chi connectivity index (χ0) is 28.2. The molecule has 0 amide bonds. The van der Waals surface area contributed by atoms with Crippen molar-refractivity contribution in [1.29, 1.82) is 0 Å². The Morgan fingerprint density at radius 1 is 0.325 bits per heavy atom. The first-order valence-electron chi connectivity index (χ1n) is 18.4. The van der Waals surface area contributed by atoms with E-state index in [-0.39, 0.29) is 0 Å². The van der Waals surface area contributed by atoms with Gasteiger partial charge in [-0.25, -0.2) is 0 Å². The first kappa shape index (κ1) is 34.9. The summed E-state index contributed by atoms with van der Waals surface area (Å²) in [5.74, 6) is 0. The van der Waals surface area contributed by atoms with Gasteiger partial charge in [0.05, 0.1) is 0 Å². The lowest BCUT2D eigenvalue weighted by atomic mass is 10.0. The van der Waals surface area contributed by atoms with E-state index in [1.54, 1.807) is 0 Å². The summed E-state index contributed by atoms with van der Waals surface area (Å²) < 4.78 is 0. The molecular weight excluding hydrogens is 480 g/mol. The van der Waals surface area contributed by atoms with E-state index in [4.69, 9.17) is 0 Å². The molecular formula is C40H68. The molecule has 0 spiro atoms. The van der Waals surface area contributed by atoms with Gasteiger partial charge >= 0.3 is 0 Å². The lowest BCUT2D eigenvalue weighted by Gasteiger charge is -2.05. The minimum atomic E-state index is 1.24. The Labute approximate surface area is 251 Å². The molecule has 0 fully saturated rings. The Kier molecular flexibility index (Phi) is 23.2. The van der Waals surface area contributed by atoms with E-state index < -0.39 is 0 Å². The third-order valence-electron chi connectivity index (χ3n) is 9.13. The fourth-order valence-corrected chi connectivity index (χ4v) is 6.39. The maximum atomic E-state index is 2.39. The summed E-state index contributed by atoms with van der Waals surface area (Å²) in [7, 11) is 0. The van der Waals surface area contributed by atoms with Gasteiger partial charge < -0.3 is 0 Å². The van der Waals surface area contributed by atoms with Crippen molar-refractivity contribution in [3.05, 3.63) is 48.0 Å². The summed E-state index contributed by atoms with van der Waals surface area (Å²) in [6.45, 7) is 2.31. The smallest absolute Gasteiger partial charge is 0.0181 e. The zero-order valence-electron chi connectivity index (χ0n) is 27.0. The second kappa shape index (κ2) is 26.6. The van der Waals surface area contributed by atoms with Crippen LogP contribution in [0.4, 0.5) is 0 Å². The number of aryl methyl sites for hydroxylation is 1. The van der Waals surface area contributed by atoms with Crippen LogP contribution >= 0.6 is 0 Å². The predicted octanol–water partition coefficient (Wildman–Crippen LogP) is 14.3. The van der Waals surface area contributed by atoms with Crippen LogP contribution in [0.25, 0.3) is 10.8 Å². The van der Waals surface area contributed by atoms with Crippen LogP contribution in [0, 0.1) is 0 Å². The van der Waals surface area contributed by atoms with Gasteiger partial charge in [-0.1, -0.05) is 223 Å². The fraction of sp³-hybridized carbons (Fsp3) is 0.750. The van der Waals surface area contributed by atoms with Gasteiger partial charge in [-0.05, 0) is 29.2 Å². The van der Waals surface area contributed by atoms with E-state index in [0.717, 1.165) is 0 Å². The minimum Gasteiger partial charge on any atom is -0.0654 e. The van der Waals surface area contributed by atoms with Crippen LogP contribution in [-0.4, -0.2) is 0 Å². The molecule has 0 N–H and O–H groups in total. The molecule has 0 heterocycles. The van der Waals surface area contributed by atoms with Gasteiger partial charge in [0.25, 0.3) is 0 Å². The summed E-state index contributed by atoms with van der Waals surface area (Å²) in [5.41, 5.74) is 1.51. The molecule has 0 radical (unpaired) electrons. The monoisotopic (exact) mass is 549 g/mol. The van der Waals surface area contributed by atoms with E-state index in [9.17, 15) is 0 Å². The highest BCUT2D eigenvalue weighted by molar-refractivity contribution is 5.82. The van der Waals surface area contributed by atoms with E-state index >= 15 is 0 Å². The molecule has 0 saturated heterocycles. The van der Waals surface area contributed by atoms with Crippen LogP contribution in [0.3, 0.4) is 0 Å². The van der Waals surface area contributed by atoms with Gasteiger partial charge in [0.15, 0.2) is 0 Å². The highest BCUT2D eigenvalue weighted by Gasteiger charge is 1.99. The van der Waals surface area contributed by atoms with Gasteiger partial charge in [-0.3, -0.25) is 0 Å². The molecule has 0 aliphatic rings. The molecule has 2 rings (SSSR count). The Morgan fingerprint density at radius 2 is 0.650 bits per heavy atom. The maximum absolute atomic E-state index is 2.39. The highest BCUT2D eigenvalue weighted by Crippen LogP contribution is 2.19. The largest absolute Gasteiger partial charge is 0.0654 e. The number of unbranched alkanes of at least 4 members (excludes halogenated alkanes) is 27. The average Bonchev–Trinajstić information content (AvgIpc) is 2.98. The van der Waals surface area contributed by atoms with Crippen molar-refractivity contribution < 1.29 is 0 Å². The van der Waals surface area contributed by atoms with Gasteiger partial charge in [0.1, 0.15) is 0 Å². The number of hydrogen-bond acceptors (Lipinski definition) is 0. The SMILES string of the molecule is CCCCCCCCCCCCCCCCCCCCCCCCCCCCCCc1ccc2ccccc2c1. The van der Waals surface area contributed by atoms with Crippen molar-refractivity contribution in [3.63, 3.8) is 0 Å². The van der Waals surface area contributed by atoms with Crippen molar-refractivity contribution in [3.8, 4) is 0 Å². The van der Waals surface area contributed by atoms with Crippen LogP contribution in [0.5, 0.6) is 0 Å². The van der Waals surface area contributed by atoms with Gasteiger partial charge in [0.2, 0.25) is 0 Å². The van der Waals surface area contributed by atoms with Crippen molar-refractivity contribution in [1.82, 2.24) is 0 Å². The lowest BCUT2D eigenvalue weighted by molar-refractivity contribution is 0.514. The zero-order valence-corrected chi connectivity index (χ0v) is 27.0. The van der Waals surface area contributed by atoms with Gasteiger partial charge in [-0.2, -0.15) is 0 Å².